The van der Waals surface area contributed by atoms with E-state index in [4.69, 9.17) is 0 Å². The van der Waals surface area contributed by atoms with E-state index in [1.165, 1.54) is 12.0 Å². The number of likely N-dealkylation sites (tertiary alicyclic amines) is 1. The van der Waals surface area contributed by atoms with Crippen molar-refractivity contribution in [3.05, 3.63) is 30.4 Å². The molecule has 0 bridgehead atoms. The molecule has 0 radical (unpaired) electrons. The average Bonchev–Trinajstić information content (AvgIpc) is 3.27. The molecule has 2 aromatic rings. The number of nitrogens with one attached hydrogen (secondary N) is 1. The third kappa shape index (κ3) is 2.84. The average molecular weight is 328 g/mol. The van der Waals surface area contributed by atoms with Crippen molar-refractivity contribution in [1.29, 1.82) is 0 Å². The van der Waals surface area contributed by atoms with Crippen LogP contribution in [0.4, 0.5) is 5.69 Å². The summed E-state index contributed by atoms with van der Waals surface area (Å²) < 4.78 is 1.75. The molecule has 7 heteroatoms. The van der Waals surface area contributed by atoms with E-state index in [1.54, 1.807) is 10.9 Å². The Balaban J connectivity index is 1.49. The Labute approximate surface area is 141 Å². The lowest BCUT2D eigenvalue weighted by Crippen LogP contribution is -2.54. The van der Waals surface area contributed by atoms with Gasteiger partial charge >= 0.3 is 0 Å². The number of rotatable bonds is 3. The number of piperidine rings is 2. The third-order valence-electron chi connectivity index (χ3n) is 5.30. The van der Waals surface area contributed by atoms with Crippen LogP contribution in [0, 0.1) is 0 Å². The highest BCUT2D eigenvalue weighted by atomic mass is 16.2. The second-order valence-corrected chi connectivity index (χ2v) is 6.89. The minimum absolute atomic E-state index is 0.00587. The first-order chi connectivity index (χ1) is 11.7. The topological polar surface area (TPSA) is 70.1 Å². The first-order valence-corrected chi connectivity index (χ1v) is 8.75. The lowest BCUT2D eigenvalue weighted by molar-refractivity contribution is -0.125. The molecule has 0 aliphatic carbocycles. The Morgan fingerprint density at radius 2 is 2.08 bits per heavy atom. The van der Waals surface area contributed by atoms with Gasteiger partial charge in [-0.15, -0.1) is 0 Å². The molecule has 4 rings (SSSR count). The molecule has 1 amide bonds. The Morgan fingerprint density at radius 1 is 1.21 bits per heavy atom. The Bertz CT molecular complexity index is 694. The molecule has 2 fully saturated rings. The van der Waals surface area contributed by atoms with Crippen LogP contribution in [0.3, 0.4) is 0 Å². The SMILES string of the molecule is Cn1cc(N2CCCC(N3CCCC(c4cn[nH]c4)C3)C2=O)cn1. The van der Waals surface area contributed by atoms with E-state index in [0.717, 1.165) is 44.6 Å². The fourth-order valence-corrected chi connectivity index (χ4v) is 4.04. The maximum Gasteiger partial charge on any atom is 0.244 e. The molecule has 0 saturated carbocycles. The highest BCUT2D eigenvalue weighted by molar-refractivity contribution is 5.97. The summed E-state index contributed by atoms with van der Waals surface area (Å²) in [6.45, 7) is 2.74. The summed E-state index contributed by atoms with van der Waals surface area (Å²) in [5, 5.41) is 11.2. The molecule has 7 nitrogen and oxygen atoms in total. The van der Waals surface area contributed by atoms with Gasteiger partial charge in [-0.2, -0.15) is 10.2 Å². The molecule has 2 atom stereocenters. The van der Waals surface area contributed by atoms with Crippen LogP contribution in [0.15, 0.2) is 24.8 Å². The van der Waals surface area contributed by atoms with Crippen LogP contribution in [0.5, 0.6) is 0 Å². The normalized spacial score (nSPS) is 26.0. The van der Waals surface area contributed by atoms with Gasteiger partial charge in [0.15, 0.2) is 0 Å². The van der Waals surface area contributed by atoms with E-state index in [9.17, 15) is 4.79 Å². The van der Waals surface area contributed by atoms with Gasteiger partial charge in [-0.1, -0.05) is 0 Å². The zero-order valence-corrected chi connectivity index (χ0v) is 14.1. The minimum Gasteiger partial charge on any atom is -0.308 e. The van der Waals surface area contributed by atoms with Gasteiger partial charge in [0.2, 0.25) is 5.91 Å². The quantitative estimate of drug-likeness (QED) is 0.927. The highest BCUT2D eigenvalue weighted by Gasteiger charge is 2.36. The second kappa shape index (κ2) is 6.39. The largest absolute Gasteiger partial charge is 0.308 e. The number of hydrogen-bond donors (Lipinski definition) is 1. The molecule has 0 spiro atoms. The molecule has 2 aliphatic heterocycles. The number of hydrogen-bond acceptors (Lipinski definition) is 4. The number of nitrogens with zero attached hydrogens (tertiary/aromatic N) is 5. The third-order valence-corrected chi connectivity index (χ3v) is 5.30. The van der Waals surface area contributed by atoms with Crippen LogP contribution in [-0.2, 0) is 11.8 Å². The molecule has 2 aromatic heterocycles. The molecular formula is C17H24N6O. The van der Waals surface area contributed by atoms with Gasteiger partial charge < -0.3 is 4.90 Å². The van der Waals surface area contributed by atoms with Crippen molar-refractivity contribution >= 4 is 11.6 Å². The molecule has 2 saturated heterocycles. The first kappa shape index (κ1) is 15.4. The number of H-pyrrole nitrogens is 1. The molecule has 2 unspecified atom stereocenters. The van der Waals surface area contributed by atoms with Crippen molar-refractivity contribution < 1.29 is 4.79 Å². The standard InChI is InChI=1S/C17H24N6O/c1-21-12-15(10-20-21)23-7-3-5-16(17(23)24)22-6-2-4-13(11-22)14-8-18-19-9-14/h8-10,12-13,16H,2-7,11H2,1H3,(H,18,19). The summed E-state index contributed by atoms with van der Waals surface area (Å²) >= 11 is 0. The van der Waals surface area contributed by atoms with Gasteiger partial charge in [-0.05, 0) is 43.7 Å². The van der Waals surface area contributed by atoms with E-state index < -0.39 is 0 Å². The van der Waals surface area contributed by atoms with Crippen molar-refractivity contribution in [2.45, 2.75) is 37.6 Å². The predicted octanol–water partition coefficient (Wildman–Crippen LogP) is 1.52. The Hall–Kier alpha value is -2.15. The van der Waals surface area contributed by atoms with Crippen LogP contribution in [0.2, 0.25) is 0 Å². The summed E-state index contributed by atoms with van der Waals surface area (Å²) in [4.78, 5) is 17.3. The number of aromatic nitrogens is 4. The van der Waals surface area contributed by atoms with Crippen molar-refractivity contribution in [2.24, 2.45) is 7.05 Å². The maximum atomic E-state index is 13.1. The molecular weight excluding hydrogens is 304 g/mol. The van der Waals surface area contributed by atoms with Crippen LogP contribution in [0.25, 0.3) is 0 Å². The molecule has 0 aromatic carbocycles. The molecule has 4 heterocycles. The van der Waals surface area contributed by atoms with E-state index in [0.29, 0.717) is 5.92 Å². The highest BCUT2D eigenvalue weighted by Crippen LogP contribution is 2.30. The van der Waals surface area contributed by atoms with Crippen molar-refractivity contribution in [2.75, 3.05) is 24.5 Å². The van der Waals surface area contributed by atoms with Gasteiger partial charge in [0, 0.05) is 32.5 Å². The number of aryl methyl sites for hydroxylation is 1. The zero-order valence-electron chi connectivity index (χ0n) is 14.1. The Kier molecular flexibility index (Phi) is 4.10. The van der Waals surface area contributed by atoms with E-state index >= 15 is 0 Å². The first-order valence-electron chi connectivity index (χ1n) is 8.75. The van der Waals surface area contributed by atoms with Crippen molar-refractivity contribution in [3.8, 4) is 0 Å². The van der Waals surface area contributed by atoms with E-state index in [-0.39, 0.29) is 11.9 Å². The molecule has 2 aliphatic rings. The van der Waals surface area contributed by atoms with Crippen LogP contribution in [0.1, 0.15) is 37.2 Å². The van der Waals surface area contributed by atoms with Gasteiger partial charge in [0.05, 0.1) is 24.1 Å². The predicted molar refractivity (Wildman–Crippen MR) is 90.7 cm³/mol. The summed E-state index contributed by atoms with van der Waals surface area (Å²) in [5.41, 5.74) is 2.17. The summed E-state index contributed by atoms with van der Waals surface area (Å²) in [6, 6.07) is -0.00587. The van der Waals surface area contributed by atoms with Crippen molar-refractivity contribution in [1.82, 2.24) is 24.9 Å². The molecule has 24 heavy (non-hydrogen) atoms. The van der Waals surface area contributed by atoms with Crippen LogP contribution in [-0.4, -0.2) is 56.5 Å². The maximum absolute atomic E-state index is 13.1. The van der Waals surface area contributed by atoms with E-state index in [1.807, 2.05) is 30.5 Å². The lowest BCUT2D eigenvalue weighted by Gasteiger charge is -2.41. The molecule has 1 N–H and O–H groups in total. The zero-order chi connectivity index (χ0) is 16.5. The van der Waals surface area contributed by atoms with Crippen molar-refractivity contribution in [3.63, 3.8) is 0 Å². The smallest absolute Gasteiger partial charge is 0.244 e. The van der Waals surface area contributed by atoms with Gasteiger partial charge in [0.1, 0.15) is 0 Å². The monoisotopic (exact) mass is 328 g/mol. The van der Waals surface area contributed by atoms with E-state index in [2.05, 4.69) is 20.2 Å². The Morgan fingerprint density at radius 3 is 2.83 bits per heavy atom. The summed E-state index contributed by atoms with van der Waals surface area (Å²) in [5.74, 6) is 0.696. The summed E-state index contributed by atoms with van der Waals surface area (Å²) in [7, 11) is 1.88. The summed E-state index contributed by atoms with van der Waals surface area (Å²) in [6.07, 6.45) is 11.9. The number of aromatic amines is 1. The lowest BCUT2D eigenvalue weighted by atomic mass is 9.90. The second-order valence-electron chi connectivity index (χ2n) is 6.89. The fourth-order valence-electron chi connectivity index (χ4n) is 4.04. The number of carbonyl (C=O) groups is 1. The number of carbonyl (C=O) groups excluding carboxylic acids is 1. The number of amides is 1. The minimum atomic E-state index is -0.00587. The van der Waals surface area contributed by atoms with Gasteiger partial charge in [-0.25, -0.2) is 0 Å². The number of anilines is 1. The fraction of sp³-hybridized carbons (Fsp3) is 0.588. The van der Waals surface area contributed by atoms with Gasteiger partial charge in [-0.3, -0.25) is 19.5 Å². The van der Waals surface area contributed by atoms with Crippen LogP contribution < -0.4 is 4.90 Å². The molecule has 128 valence electrons. The van der Waals surface area contributed by atoms with Crippen LogP contribution >= 0.6 is 0 Å². The van der Waals surface area contributed by atoms with Gasteiger partial charge in [0.25, 0.3) is 0 Å².